The van der Waals surface area contributed by atoms with Crippen molar-refractivity contribution in [2.45, 2.75) is 5.16 Å². The topological polar surface area (TPSA) is 88.9 Å². The molecule has 3 rings (SSSR count). The summed E-state index contributed by atoms with van der Waals surface area (Å²) in [7, 11) is 0. The molecule has 9 heteroatoms. The monoisotopic (exact) mass is 385 g/mol. The molecule has 0 spiro atoms. The number of nitrogens with one attached hydrogen (secondary N) is 2. The second kappa shape index (κ2) is 8.95. The smallest absolute Gasteiger partial charge is 0.243 e. The van der Waals surface area contributed by atoms with Gasteiger partial charge in [0.2, 0.25) is 11.8 Å². The Morgan fingerprint density at radius 1 is 1.04 bits per heavy atom. The first-order valence-electron chi connectivity index (χ1n) is 8.02. The molecule has 2 amide bonds. The van der Waals surface area contributed by atoms with Gasteiger partial charge in [0.25, 0.3) is 0 Å². The number of aromatic nitrogens is 3. The average molecular weight is 385 g/mol. The predicted molar refractivity (Wildman–Crippen MR) is 100 cm³/mol. The Balaban J connectivity index is 1.46. The van der Waals surface area contributed by atoms with E-state index in [1.807, 2.05) is 30.3 Å². The molecular weight excluding hydrogens is 369 g/mol. The van der Waals surface area contributed by atoms with Gasteiger partial charge in [0, 0.05) is 11.4 Å². The first-order chi connectivity index (χ1) is 13.1. The van der Waals surface area contributed by atoms with Gasteiger partial charge in [-0.2, -0.15) is 0 Å². The van der Waals surface area contributed by atoms with Gasteiger partial charge in [-0.05, 0) is 36.4 Å². The normalized spacial score (nSPS) is 10.4. The maximum absolute atomic E-state index is 12.8. The van der Waals surface area contributed by atoms with E-state index in [0.717, 1.165) is 5.69 Å². The highest BCUT2D eigenvalue weighted by Gasteiger charge is 2.11. The molecule has 0 saturated heterocycles. The number of amides is 2. The first-order valence-corrected chi connectivity index (χ1v) is 9.01. The quantitative estimate of drug-likeness (QED) is 0.609. The van der Waals surface area contributed by atoms with Crippen LogP contribution in [0.3, 0.4) is 0 Å². The van der Waals surface area contributed by atoms with Gasteiger partial charge in [-0.1, -0.05) is 30.0 Å². The van der Waals surface area contributed by atoms with Crippen molar-refractivity contribution in [1.82, 2.24) is 20.1 Å². The minimum absolute atomic E-state index is 0.0926. The number of halogens is 1. The Hall–Kier alpha value is -3.20. The van der Waals surface area contributed by atoms with Crippen LogP contribution in [0.1, 0.15) is 0 Å². The standard InChI is InChI=1S/C18H16FN5O2S/c19-13-6-8-14(9-7-13)22-16(25)10-20-17(26)11-27-18-23-21-12-24(18)15-4-2-1-3-5-15/h1-9,12H,10-11H2,(H,20,26)(H,22,25). The Bertz CT molecular complexity index is 915. The lowest BCUT2D eigenvalue weighted by atomic mass is 10.3. The largest absolute Gasteiger partial charge is 0.346 e. The molecular formula is C18H16FN5O2S. The van der Waals surface area contributed by atoms with Crippen molar-refractivity contribution in [3.63, 3.8) is 0 Å². The molecule has 2 aromatic carbocycles. The van der Waals surface area contributed by atoms with Crippen molar-refractivity contribution < 1.29 is 14.0 Å². The summed E-state index contributed by atoms with van der Waals surface area (Å²) in [5, 5.41) is 13.6. The number of anilines is 1. The molecule has 0 bridgehead atoms. The maximum atomic E-state index is 12.8. The van der Waals surface area contributed by atoms with Gasteiger partial charge in [-0.25, -0.2) is 4.39 Å². The van der Waals surface area contributed by atoms with Crippen LogP contribution in [0.2, 0.25) is 0 Å². The van der Waals surface area contributed by atoms with E-state index in [-0.39, 0.29) is 24.0 Å². The molecule has 1 aromatic heterocycles. The zero-order valence-electron chi connectivity index (χ0n) is 14.1. The first kappa shape index (κ1) is 18.6. The lowest BCUT2D eigenvalue weighted by Crippen LogP contribution is -2.33. The van der Waals surface area contributed by atoms with Crippen LogP contribution in [0.15, 0.2) is 66.1 Å². The van der Waals surface area contributed by atoms with Crippen molar-refractivity contribution in [3.05, 3.63) is 66.7 Å². The van der Waals surface area contributed by atoms with Crippen molar-refractivity contribution in [2.75, 3.05) is 17.6 Å². The zero-order chi connectivity index (χ0) is 19.1. The fraction of sp³-hybridized carbons (Fsp3) is 0.111. The lowest BCUT2D eigenvalue weighted by Gasteiger charge is -2.08. The third kappa shape index (κ3) is 5.38. The summed E-state index contributed by atoms with van der Waals surface area (Å²) in [5.41, 5.74) is 1.35. The van der Waals surface area contributed by atoms with Crippen LogP contribution >= 0.6 is 11.8 Å². The second-order valence-corrected chi connectivity index (χ2v) is 6.38. The summed E-state index contributed by atoms with van der Waals surface area (Å²) in [6.07, 6.45) is 1.58. The van der Waals surface area contributed by atoms with Gasteiger partial charge in [0.05, 0.1) is 12.3 Å². The van der Waals surface area contributed by atoms with Crippen LogP contribution in [-0.2, 0) is 9.59 Å². The van der Waals surface area contributed by atoms with E-state index in [1.54, 1.807) is 10.9 Å². The molecule has 138 valence electrons. The van der Waals surface area contributed by atoms with Crippen LogP contribution in [0.5, 0.6) is 0 Å². The summed E-state index contributed by atoms with van der Waals surface area (Å²) in [6, 6.07) is 14.9. The molecule has 2 N–H and O–H groups in total. The SMILES string of the molecule is O=C(CSc1nncn1-c1ccccc1)NCC(=O)Nc1ccc(F)cc1. The Morgan fingerprint density at radius 3 is 2.52 bits per heavy atom. The van der Waals surface area contributed by atoms with E-state index >= 15 is 0 Å². The third-order valence-electron chi connectivity index (χ3n) is 3.46. The molecule has 0 atom stereocenters. The number of para-hydroxylation sites is 1. The fourth-order valence-corrected chi connectivity index (χ4v) is 2.95. The van der Waals surface area contributed by atoms with Gasteiger partial charge in [-0.15, -0.1) is 10.2 Å². The molecule has 1 heterocycles. The second-order valence-electron chi connectivity index (χ2n) is 5.44. The van der Waals surface area contributed by atoms with Gasteiger partial charge in [0.1, 0.15) is 12.1 Å². The molecule has 0 aliphatic rings. The van der Waals surface area contributed by atoms with Crippen molar-refractivity contribution >= 4 is 29.3 Å². The third-order valence-corrected chi connectivity index (χ3v) is 4.40. The molecule has 0 saturated carbocycles. The average Bonchev–Trinajstić information content (AvgIpc) is 3.16. The van der Waals surface area contributed by atoms with Gasteiger partial charge >= 0.3 is 0 Å². The van der Waals surface area contributed by atoms with Crippen molar-refractivity contribution in [2.24, 2.45) is 0 Å². The number of carbonyl (C=O) groups excluding carboxylic acids is 2. The van der Waals surface area contributed by atoms with Crippen molar-refractivity contribution in [3.8, 4) is 5.69 Å². The number of benzene rings is 2. The summed E-state index contributed by atoms with van der Waals surface area (Å²) >= 11 is 1.22. The minimum Gasteiger partial charge on any atom is -0.346 e. The summed E-state index contributed by atoms with van der Waals surface area (Å²) in [4.78, 5) is 23.8. The van der Waals surface area contributed by atoms with Gasteiger partial charge in [-0.3, -0.25) is 14.2 Å². The van der Waals surface area contributed by atoms with Gasteiger partial charge < -0.3 is 10.6 Å². The van der Waals surface area contributed by atoms with E-state index in [4.69, 9.17) is 0 Å². The number of rotatable bonds is 7. The summed E-state index contributed by atoms with van der Waals surface area (Å²) in [6.45, 7) is -0.178. The molecule has 0 radical (unpaired) electrons. The van der Waals surface area contributed by atoms with Crippen LogP contribution in [0, 0.1) is 5.82 Å². The molecule has 0 aliphatic heterocycles. The fourth-order valence-electron chi connectivity index (χ4n) is 2.19. The van der Waals surface area contributed by atoms with E-state index < -0.39 is 5.91 Å². The van der Waals surface area contributed by atoms with Crippen LogP contribution < -0.4 is 10.6 Å². The predicted octanol–water partition coefficient (Wildman–Crippen LogP) is 2.25. The molecule has 27 heavy (non-hydrogen) atoms. The van der Waals surface area contributed by atoms with Crippen LogP contribution in [0.4, 0.5) is 10.1 Å². The number of carbonyl (C=O) groups is 2. The number of thioether (sulfide) groups is 1. The Labute approximate surface area is 159 Å². The van der Waals surface area contributed by atoms with E-state index in [1.165, 1.54) is 36.0 Å². The van der Waals surface area contributed by atoms with Gasteiger partial charge in [0.15, 0.2) is 5.16 Å². The Morgan fingerprint density at radius 2 is 1.78 bits per heavy atom. The van der Waals surface area contributed by atoms with Crippen molar-refractivity contribution in [1.29, 1.82) is 0 Å². The summed E-state index contributed by atoms with van der Waals surface area (Å²) < 4.78 is 14.6. The molecule has 0 aliphatic carbocycles. The highest BCUT2D eigenvalue weighted by molar-refractivity contribution is 7.99. The Kier molecular flexibility index (Phi) is 6.16. The zero-order valence-corrected chi connectivity index (χ0v) is 14.9. The number of hydrogen-bond acceptors (Lipinski definition) is 5. The van der Waals surface area contributed by atoms with E-state index in [0.29, 0.717) is 10.8 Å². The lowest BCUT2D eigenvalue weighted by molar-refractivity contribution is -0.122. The number of hydrogen-bond donors (Lipinski definition) is 2. The molecule has 0 unspecified atom stereocenters. The number of nitrogens with zero attached hydrogens (tertiary/aromatic N) is 3. The molecule has 3 aromatic rings. The highest BCUT2D eigenvalue weighted by Crippen LogP contribution is 2.18. The summed E-state index contributed by atoms with van der Waals surface area (Å²) in [5.74, 6) is -0.999. The van der Waals surface area contributed by atoms with E-state index in [9.17, 15) is 14.0 Å². The minimum atomic E-state index is -0.396. The highest BCUT2D eigenvalue weighted by atomic mass is 32.2. The van der Waals surface area contributed by atoms with Crippen LogP contribution in [0.25, 0.3) is 5.69 Å². The van der Waals surface area contributed by atoms with E-state index in [2.05, 4.69) is 20.8 Å². The van der Waals surface area contributed by atoms with Crippen LogP contribution in [-0.4, -0.2) is 38.9 Å². The maximum Gasteiger partial charge on any atom is 0.243 e. The molecule has 0 fully saturated rings. The molecule has 7 nitrogen and oxygen atoms in total.